The van der Waals surface area contributed by atoms with Crippen LogP contribution in [0.2, 0.25) is 0 Å². The van der Waals surface area contributed by atoms with E-state index < -0.39 is 0 Å². The molecule has 2 aromatic carbocycles. The van der Waals surface area contributed by atoms with E-state index >= 15 is 0 Å². The summed E-state index contributed by atoms with van der Waals surface area (Å²) >= 11 is 0. The van der Waals surface area contributed by atoms with Gasteiger partial charge in [0, 0.05) is 32.7 Å². The summed E-state index contributed by atoms with van der Waals surface area (Å²) in [5, 5.41) is 0. The monoisotopic (exact) mass is 383 g/mol. The Labute approximate surface area is 169 Å². The first-order valence-corrected chi connectivity index (χ1v) is 7.98. The molecule has 23 heavy (non-hydrogen) atoms. The Morgan fingerprint density at radius 1 is 0.652 bits per heavy atom. The number of hydrogen-bond donors (Lipinski definition) is 0. The van der Waals surface area contributed by atoms with Crippen molar-refractivity contribution in [1.82, 2.24) is 0 Å². The molecule has 0 atom stereocenters. The van der Waals surface area contributed by atoms with Crippen LogP contribution in [0.3, 0.4) is 0 Å². The van der Waals surface area contributed by atoms with Gasteiger partial charge in [-0.2, -0.15) is 70.8 Å². The van der Waals surface area contributed by atoms with Crippen molar-refractivity contribution in [2.24, 2.45) is 0 Å². The quantitative estimate of drug-likeness (QED) is 0.476. The van der Waals surface area contributed by atoms with Crippen LogP contribution >= 0.6 is 0 Å². The molecule has 0 N–H and O–H groups in total. The van der Waals surface area contributed by atoms with E-state index in [0.717, 1.165) is 0 Å². The molecule has 0 aromatic heterocycles. The molecule has 2 aromatic rings. The first-order chi connectivity index (χ1) is 10.00. The fourth-order valence-corrected chi connectivity index (χ4v) is 2.10. The number of hydrogen-bond acceptors (Lipinski definition) is 0. The smallest absolute Gasteiger partial charge is 0 e. The maximum absolute atomic E-state index is 3.14. The third-order valence-corrected chi connectivity index (χ3v) is 3.62. The molecule has 0 heterocycles. The standard InChI is InChI=1S/2C11H15.Y/c2*1-9-6-5-7-10(8-9)11(2,3)4;/h2*5,7-8H,1-4H3;/q2*-1;. The maximum Gasteiger partial charge on any atom is 0 e. The van der Waals surface area contributed by atoms with E-state index in [1.807, 2.05) is 12.1 Å². The molecule has 0 spiro atoms. The van der Waals surface area contributed by atoms with Gasteiger partial charge >= 0.3 is 0 Å². The van der Waals surface area contributed by atoms with Crippen LogP contribution in [0, 0.1) is 26.0 Å². The minimum Gasteiger partial charge on any atom is -0.181 e. The van der Waals surface area contributed by atoms with Gasteiger partial charge in [0.25, 0.3) is 0 Å². The normalized spacial score (nSPS) is 11.1. The third-order valence-electron chi connectivity index (χ3n) is 3.62. The molecule has 0 aliphatic rings. The Morgan fingerprint density at radius 3 is 1.13 bits per heavy atom. The van der Waals surface area contributed by atoms with E-state index in [0.29, 0.717) is 0 Å². The van der Waals surface area contributed by atoms with Gasteiger partial charge in [-0.15, -0.1) is 0 Å². The molecule has 1 heteroatoms. The Hall–Kier alpha value is -0.456. The molecular formula is C22H30Y-2. The second kappa shape index (κ2) is 9.14. The summed E-state index contributed by atoms with van der Waals surface area (Å²) in [5.74, 6) is 0. The molecule has 0 fully saturated rings. The number of rotatable bonds is 0. The van der Waals surface area contributed by atoms with Crippen molar-refractivity contribution in [1.29, 1.82) is 0 Å². The molecule has 123 valence electrons. The van der Waals surface area contributed by atoms with Crippen LogP contribution in [0.25, 0.3) is 0 Å². The van der Waals surface area contributed by atoms with E-state index in [4.69, 9.17) is 0 Å². The van der Waals surface area contributed by atoms with Crippen molar-refractivity contribution >= 4 is 0 Å². The summed E-state index contributed by atoms with van der Waals surface area (Å²) in [6, 6.07) is 18.9. The molecule has 0 amide bonds. The summed E-state index contributed by atoms with van der Waals surface area (Å²) < 4.78 is 0. The summed E-state index contributed by atoms with van der Waals surface area (Å²) in [7, 11) is 0. The second-order valence-corrected chi connectivity index (χ2v) is 8.02. The second-order valence-electron chi connectivity index (χ2n) is 8.02. The predicted molar refractivity (Wildman–Crippen MR) is 97.4 cm³/mol. The van der Waals surface area contributed by atoms with E-state index in [1.165, 1.54) is 22.3 Å². The molecule has 0 saturated carbocycles. The predicted octanol–water partition coefficient (Wildman–Crippen LogP) is 6.18. The van der Waals surface area contributed by atoms with Crippen LogP contribution < -0.4 is 0 Å². The topological polar surface area (TPSA) is 0 Å². The summed E-state index contributed by atoms with van der Waals surface area (Å²) in [6.45, 7) is 17.5. The van der Waals surface area contributed by atoms with Crippen molar-refractivity contribution < 1.29 is 32.7 Å². The maximum atomic E-state index is 3.14. The van der Waals surface area contributed by atoms with Crippen LogP contribution in [0.4, 0.5) is 0 Å². The van der Waals surface area contributed by atoms with Gasteiger partial charge in [-0.1, -0.05) is 55.4 Å². The minimum atomic E-state index is 0. The van der Waals surface area contributed by atoms with Crippen molar-refractivity contribution in [3.63, 3.8) is 0 Å². The van der Waals surface area contributed by atoms with Gasteiger partial charge in [-0.3, -0.25) is 0 Å². The Morgan fingerprint density at radius 2 is 0.957 bits per heavy atom. The number of aryl methyl sites for hydroxylation is 2. The van der Waals surface area contributed by atoms with Gasteiger partial charge in [-0.25, -0.2) is 0 Å². The third kappa shape index (κ3) is 8.27. The average molecular weight is 383 g/mol. The Kier molecular flexibility index (Phi) is 8.96. The van der Waals surface area contributed by atoms with Gasteiger partial charge in [0.2, 0.25) is 0 Å². The average Bonchev–Trinajstić information content (AvgIpc) is 2.37. The summed E-state index contributed by atoms with van der Waals surface area (Å²) in [6.07, 6.45) is 0. The zero-order valence-electron chi connectivity index (χ0n) is 16.0. The Bertz CT molecular complexity index is 542. The van der Waals surface area contributed by atoms with Gasteiger partial charge < -0.3 is 0 Å². The summed E-state index contributed by atoms with van der Waals surface area (Å²) in [5.41, 5.74) is 5.73. The number of benzene rings is 2. The molecule has 0 unspecified atom stereocenters. The van der Waals surface area contributed by atoms with Crippen LogP contribution in [0.15, 0.2) is 36.4 Å². The Balaban J connectivity index is 0.000000403. The zero-order valence-corrected chi connectivity index (χ0v) is 18.9. The van der Waals surface area contributed by atoms with E-state index in [-0.39, 0.29) is 43.5 Å². The van der Waals surface area contributed by atoms with Crippen molar-refractivity contribution in [2.45, 2.75) is 66.2 Å². The summed E-state index contributed by atoms with van der Waals surface area (Å²) in [4.78, 5) is 0. The van der Waals surface area contributed by atoms with Gasteiger partial charge in [0.1, 0.15) is 0 Å². The van der Waals surface area contributed by atoms with Crippen LogP contribution in [0.5, 0.6) is 0 Å². The first-order valence-electron chi connectivity index (χ1n) is 7.98. The molecule has 0 aliphatic carbocycles. The van der Waals surface area contributed by atoms with E-state index in [9.17, 15) is 0 Å². The molecular weight excluding hydrogens is 353 g/mol. The van der Waals surface area contributed by atoms with Gasteiger partial charge in [0.15, 0.2) is 0 Å². The molecule has 1 radical (unpaired) electrons. The molecule has 0 bridgehead atoms. The fraction of sp³-hybridized carbons (Fsp3) is 0.455. The van der Waals surface area contributed by atoms with Crippen molar-refractivity contribution in [2.75, 3.05) is 0 Å². The molecule has 0 saturated heterocycles. The van der Waals surface area contributed by atoms with Crippen LogP contribution in [-0.4, -0.2) is 0 Å². The van der Waals surface area contributed by atoms with E-state index in [1.54, 1.807) is 0 Å². The van der Waals surface area contributed by atoms with Crippen LogP contribution in [0.1, 0.15) is 63.8 Å². The SMILES string of the molecule is Cc1[c-]ccc(C(C)(C)C)c1.Cc1[c-]ccc(C(C)(C)C)c1.[Y]. The van der Waals surface area contributed by atoms with Gasteiger partial charge in [0.05, 0.1) is 0 Å². The van der Waals surface area contributed by atoms with Crippen molar-refractivity contribution in [3.05, 3.63) is 70.8 Å². The zero-order chi connectivity index (χ0) is 17.0. The largest absolute Gasteiger partial charge is 0.181 e. The molecule has 0 aliphatic heterocycles. The molecule has 2 rings (SSSR count). The first kappa shape index (κ1) is 22.5. The van der Waals surface area contributed by atoms with Gasteiger partial charge in [-0.05, 0) is 10.8 Å². The molecule has 0 nitrogen and oxygen atoms in total. The van der Waals surface area contributed by atoms with Crippen molar-refractivity contribution in [3.8, 4) is 0 Å². The minimum absolute atomic E-state index is 0. The van der Waals surface area contributed by atoms with E-state index in [2.05, 4.69) is 91.8 Å². The fourth-order valence-electron chi connectivity index (χ4n) is 2.10. The van der Waals surface area contributed by atoms with Crippen LogP contribution in [-0.2, 0) is 43.5 Å².